The van der Waals surface area contributed by atoms with E-state index < -0.39 is 12.1 Å². The van der Waals surface area contributed by atoms with E-state index in [1.165, 1.54) is 11.1 Å². The van der Waals surface area contributed by atoms with Gasteiger partial charge in [0.2, 0.25) is 17.7 Å². The largest absolute Gasteiger partial charge is 0.347 e. The summed E-state index contributed by atoms with van der Waals surface area (Å²) in [4.78, 5) is 41.4. The van der Waals surface area contributed by atoms with Crippen LogP contribution >= 0.6 is 11.8 Å². The van der Waals surface area contributed by atoms with Crippen molar-refractivity contribution in [1.29, 1.82) is 0 Å². The first-order chi connectivity index (χ1) is 15.2. The molecule has 3 amide bonds. The van der Waals surface area contributed by atoms with Crippen molar-refractivity contribution in [2.75, 3.05) is 12.8 Å². The Kier molecular flexibility index (Phi) is 6.54. The molecule has 7 nitrogen and oxygen atoms in total. The van der Waals surface area contributed by atoms with Gasteiger partial charge in [-0.3, -0.25) is 14.4 Å². The average molecular weight is 459 g/mol. The number of carbonyl (C=O) groups is 3. The maximum absolute atomic E-state index is 13.6. The molecule has 0 aromatic heterocycles. The highest BCUT2D eigenvalue weighted by Crippen LogP contribution is 2.46. The molecule has 4 rings (SSSR count). The molecular formula is C24H34N4O3S. The lowest BCUT2D eigenvalue weighted by Gasteiger charge is -2.34. The predicted molar refractivity (Wildman–Crippen MR) is 126 cm³/mol. The Morgan fingerprint density at radius 1 is 1.16 bits per heavy atom. The molecule has 0 spiro atoms. The number of nitrogens with zero attached hydrogens (tertiary/aromatic N) is 1. The summed E-state index contributed by atoms with van der Waals surface area (Å²) in [6, 6.07) is 6.67. The summed E-state index contributed by atoms with van der Waals surface area (Å²) < 4.78 is 0. The number of nitrogens with one attached hydrogen (secondary N) is 3. The van der Waals surface area contributed by atoms with E-state index in [1.807, 2.05) is 12.1 Å². The third-order valence-electron chi connectivity index (χ3n) is 7.14. The van der Waals surface area contributed by atoms with Gasteiger partial charge in [0.25, 0.3) is 0 Å². The molecule has 2 fully saturated rings. The predicted octanol–water partition coefficient (Wildman–Crippen LogP) is 1.97. The highest BCUT2D eigenvalue weighted by Gasteiger charge is 2.54. The maximum atomic E-state index is 13.6. The Hall–Kier alpha value is -2.06. The number of amides is 3. The molecule has 174 valence electrons. The minimum Gasteiger partial charge on any atom is -0.347 e. The molecule has 2 aliphatic heterocycles. The van der Waals surface area contributed by atoms with Crippen molar-refractivity contribution in [3.8, 4) is 0 Å². The number of hydrogen-bond donors (Lipinski definition) is 3. The molecule has 3 aliphatic rings. The Bertz CT molecular complexity index is 905. The Morgan fingerprint density at radius 2 is 1.91 bits per heavy atom. The Morgan fingerprint density at radius 3 is 2.66 bits per heavy atom. The van der Waals surface area contributed by atoms with Crippen molar-refractivity contribution >= 4 is 29.5 Å². The molecule has 0 saturated carbocycles. The number of fused-ring (bicyclic) bond motifs is 2. The van der Waals surface area contributed by atoms with E-state index in [-0.39, 0.29) is 40.6 Å². The third kappa shape index (κ3) is 4.27. The molecule has 1 aromatic carbocycles. The van der Waals surface area contributed by atoms with Gasteiger partial charge in [0.05, 0.1) is 17.5 Å². The van der Waals surface area contributed by atoms with E-state index in [2.05, 4.69) is 41.9 Å². The van der Waals surface area contributed by atoms with Crippen molar-refractivity contribution in [3.63, 3.8) is 0 Å². The Labute approximate surface area is 194 Å². The lowest BCUT2D eigenvalue weighted by atomic mass is 9.84. The molecule has 3 N–H and O–H groups in total. The van der Waals surface area contributed by atoms with Crippen LogP contribution in [-0.4, -0.2) is 58.9 Å². The van der Waals surface area contributed by atoms with Crippen LogP contribution in [0.2, 0.25) is 0 Å². The molecule has 0 bridgehead atoms. The zero-order chi connectivity index (χ0) is 23.0. The first-order valence-electron chi connectivity index (χ1n) is 11.5. The van der Waals surface area contributed by atoms with E-state index in [0.717, 1.165) is 25.0 Å². The van der Waals surface area contributed by atoms with Crippen LogP contribution in [0.4, 0.5) is 0 Å². The van der Waals surface area contributed by atoms with Gasteiger partial charge in [0, 0.05) is 0 Å². The van der Waals surface area contributed by atoms with Crippen LogP contribution in [0.1, 0.15) is 57.2 Å². The number of hydrogen-bond acceptors (Lipinski definition) is 5. The van der Waals surface area contributed by atoms with Crippen LogP contribution in [0.3, 0.4) is 0 Å². The van der Waals surface area contributed by atoms with Crippen LogP contribution in [0.25, 0.3) is 0 Å². The van der Waals surface area contributed by atoms with Gasteiger partial charge in [0.1, 0.15) is 12.1 Å². The molecule has 0 radical (unpaired) electrons. The second-order valence-electron chi connectivity index (χ2n) is 9.83. The van der Waals surface area contributed by atoms with Crippen LogP contribution in [0.5, 0.6) is 0 Å². The van der Waals surface area contributed by atoms with Crippen molar-refractivity contribution in [3.05, 3.63) is 35.4 Å². The van der Waals surface area contributed by atoms with E-state index in [1.54, 1.807) is 30.6 Å². The van der Waals surface area contributed by atoms with Crippen molar-refractivity contribution < 1.29 is 14.4 Å². The van der Waals surface area contributed by atoms with Gasteiger partial charge in [0.15, 0.2) is 0 Å². The first-order valence-corrected chi connectivity index (χ1v) is 12.6. The molecule has 2 saturated heterocycles. The monoisotopic (exact) mass is 458 g/mol. The molecule has 32 heavy (non-hydrogen) atoms. The van der Waals surface area contributed by atoms with E-state index in [9.17, 15) is 14.4 Å². The van der Waals surface area contributed by atoms with Gasteiger partial charge in [-0.05, 0) is 61.9 Å². The van der Waals surface area contributed by atoms with Crippen molar-refractivity contribution in [2.45, 2.75) is 76.0 Å². The molecule has 2 heterocycles. The number of aryl methyl sites for hydroxylation is 1. The summed E-state index contributed by atoms with van der Waals surface area (Å²) in [5.74, 6) is 0.334. The summed E-state index contributed by atoms with van der Waals surface area (Å²) in [7, 11) is 1.72. The van der Waals surface area contributed by atoms with Gasteiger partial charge in [-0.25, -0.2) is 0 Å². The quantitative estimate of drug-likeness (QED) is 0.628. The normalized spacial score (nSPS) is 29.6. The smallest absolute Gasteiger partial charge is 0.246 e. The summed E-state index contributed by atoms with van der Waals surface area (Å²) in [6.45, 7) is 5.90. The van der Waals surface area contributed by atoms with Gasteiger partial charge < -0.3 is 20.9 Å². The fraction of sp³-hybridized carbons (Fsp3) is 0.625. The standard InChI is InChI=1S/C24H34N4O3S/c1-14(25-4)21(29)27-18-11-12-32-19-13-24(2,3)20(28(19)23(18)31)22(30)26-17-10-9-15-7-5-6-8-16(15)17/h5-8,14,17-20,25H,9-13H2,1-4H3,(H,26,30)(H,27,29)/t14-,17+,18-,19?,20+/m0/s1. The average Bonchev–Trinajstić information content (AvgIpc) is 3.24. The number of benzene rings is 1. The van der Waals surface area contributed by atoms with Crippen molar-refractivity contribution in [1.82, 2.24) is 20.9 Å². The zero-order valence-corrected chi connectivity index (χ0v) is 20.1. The third-order valence-corrected chi connectivity index (χ3v) is 8.39. The number of carbonyl (C=O) groups excluding carboxylic acids is 3. The van der Waals surface area contributed by atoms with Gasteiger partial charge in [-0.1, -0.05) is 38.1 Å². The van der Waals surface area contributed by atoms with E-state index in [4.69, 9.17) is 0 Å². The number of rotatable bonds is 5. The van der Waals surface area contributed by atoms with Crippen molar-refractivity contribution in [2.24, 2.45) is 5.41 Å². The second kappa shape index (κ2) is 9.06. The highest BCUT2D eigenvalue weighted by molar-refractivity contribution is 7.99. The van der Waals surface area contributed by atoms with E-state index in [0.29, 0.717) is 6.42 Å². The minimum atomic E-state index is -0.604. The maximum Gasteiger partial charge on any atom is 0.246 e. The lowest BCUT2D eigenvalue weighted by Crippen LogP contribution is -2.58. The second-order valence-corrected chi connectivity index (χ2v) is 11.1. The van der Waals surface area contributed by atoms with Gasteiger partial charge in [-0.2, -0.15) is 0 Å². The molecular weight excluding hydrogens is 424 g/mol. The molecule has 1 aromatic rings. The van der Waals surface area contributed by atoms with Crippen LogP contribution in [0, 0.1) is 5.41 Å². The number of likely N-dealkylation sites (N-methyl/N-ethyl adjacent to an activating group) is 1. The van der Waals surface area contributed by atoms with E-state index >= 15 is 0 Å². The summed E-state index contributed by atoms with van der Waals surface area (Å²) in [5, 5.41) is 9.02. The summed E-state index contributed by atoms with van der Waals surface area (Å²) in [5.41, 5.74) is 2.11. The lowest BCUT2D eigenvalue weighted by molar-refractivity contribution is -0.144. The van der Waals surface area contributed by atoms with Gasteiger partial charge >= 0.3 is 0 Å². The van der Waals surface area contributed by atoms with Gasteiger partial charge in [-0.15, -0.1) is 11.8 Å². The van der Waals surface area contributed by atoms with Crippen LogP contribution in [-0.2, 0) is 20.8 Å². The molecule has 1 unspecified atom stereocenters. The highest BCUT2D eigenvalue weighted by atomic mass is 32.2. The molecule has 1 aliphatic carbocycles. The fourth-order valence-electron chi connectivity index (χ4n) is 5.24. The van der Waals surface area contributed by atoms with Crippen LogP contribution < -0.4 is 16.0 Å². The first kappa shape index (κ1) is 23.1. The summed E-state index contributed by atoms with van der Waals surface area (Å²) in [6.07, 6.45) is 3.17. The molecule has 5 atom stereocenters. The SMILES string of the molecule is CN[C@@H](C)C(=O)N[C@H]1CCSC2CC(C)(C)[C@@H](C(=O)N[C@@H]3CCc4ccccc43)N2C1=O. The molecule has 8 heteroatoms. The summed E-state index contributed by atoms with van der Waals surface area (Å²) >= 11 is 1.72. The fourth-order valence-corrected chi connectivity index (χ4v) is 6.81. The minimum absolute atomic E-state index is 0.0183. The topological polar surface area (TPSA) is 90.5 Å². The van der Waals surface area contributed by atoms with Crippen LogP contribution in [0.15, 0.2) is 24.3 Å². The Balaban J connectivity index is 1.55. The number of thioether (sulfide) groups is 1. The zero-order valence-electron chi connectivity index (χ0n) is 19.3.